The van der Waals surface area contributed by atoms with Gasteiger partial charge in [-0.1, -0.05) is 52.4 Å². The van der Waals surface area contributed by atoms with E-state index in [0.717, 1.165) is 12.8 Å². The van der Waals surface area contributed by atoms with E-state index >= 15 is 0 Å². The smallest absolute Gasteiger partial charge is 0.117 e. The minimum Gasteiger partial charge on any atom is -0.634 e. The van der Waals surface area contributed by atoms with Crippen molar-refractivity contribution in [1.29, 1.82) is 0 Å². The zero-order valence-electron chi connectivity index (χ0n) is 11.6. The Morgan fingerprint density at radius 1 is 1.06 bits per heavy atom. The van der Waals surface area contributed by atoms with Crippen LogP contribution in [0.3, 0.4) is 0 Å². The number of hydrogen-bond donors (Lipinski definition) is 1. The van der Waals surface area contributed by atoms with Gasteiger partial charge in [-0.3, -0.25) is 0 Å². The highest BCUT2D eigenvalue weighted by Gasteiger charge is 2.36. The van der Waals surface area contributed by atoms with E-state index in [0.29, 0.717) is 24.8 Å². The summed E-state index contributed by atoms with van der Waals surface area (Å²) in [5.74, 6) is 0. The van der Waals surface area contributed by atoms with Crippen molar-refractivity contribution in [2.45, 2.75) is 70.8 Å². The maximum absolute atomic E-state index is 11.7. The van der Waals surface area contributed by atoms with Crippen LogP contribution in [0, 0.1) is 5.21 Å². The highest BCUT2D eigenvalue weighted by atomic mass is 16.5. The van der Waals surface area contributed by atoms with Gasteiger partial charge in [0.25, 0.3) is 0 Å². The second-order valence-corrected chi connectivity index (χ2v) is 5.41. The van der Waals surface area contributed by atoms with Gasteiger partial charge in [0.05, 0.1) is 6.61 Å². The van der Waals surface area contributed by atoms with Crippen molar-refractivity contribution >= 4 is 0 Å². The fraction of sp³-hybridized carbons (Fsp3) is 1.00. The number of ether oxygens (including phenoxy) is 1. The van der Waals surface area contributed by atoms with Gasteiger partial charge in [0.15, 0.2) is 0 Å². The van der Waals surface area contributed by atoms with E-state index in [9.17, 15) is 5.21 Å². The molecule has 0 radical (unpaired) electrons. The second kappa shape index (κ2) is 8.06. The largest absolute Gasteiger partial charge is 0.634 e. The summed E-state index contributed by atoms with van der Waals surface area (Å²) in [6, 6.07) is 0. The summed E-state index contributed by atoms with van der Waals surface area (Å²) in [5, 5.41) is 12.1. The molecule has 1 atom stereocenters. The van der Waals surface area contributed by atoms with Gasteiger partial charge in [0.2, 0.25) is 0 Å². The monoisotopic (exact) mass is 243 g/mol. The maximum atomic E-state index is 11.7. The molecule has 3 heteroatoms. The molecule has 102 valence electrons. The molecule has 0 aliphatic carbocycles. The maximum Gasteiger partial charge on any atom is 0.117 e. The molecule has 17 heavy (non-hydrogen) atoms. The van der Waals surface area contributed by atoms with Crippen molar-refractivity contribution in [3.63, 3.8) is 0 Å². The lowest BCUT2D eigenvalue weighted by atomic mass is 9.88. The Morgan fingerprint density at radius 2 is 1.65 bits per heavy atom. The van der Waals surface area contributed by atoms with E-state index in [1.807, 2.05) is 0 Å². The number of hydrogen-bond acceptors (Lipinski definition) is 2. The number of morpholine rings is 1. The number of hydroxylamine groups is 2. The minimum atomic E-state index is -0.0975. The van der Waals surface area contributed by atoms with E-state index < -0.39 is 0 Å². The van der Waals surface area contributed by atoms with Crippen molar-refractivity contribution in [3.05, 3.63) is 5.21 Å². The van der Waals surface area contributed by atoms with Crippen LogP contribution in [0.1, 0.15) is 65.2 Å². The molecule has 0 amide bonds. The van der Waals surface area contributed by atoms with Crippen molar-refractivity contribution < 1.29 is 9.80 Å². The molecule has 1 aliphatic rings. The lowest BCUT2D eigenvalue weighted by Gasteiger charge is -2.42. The zero-order valence-corrected chi connectivity index (χ0v) is 11.6. The van der Waals surface area contributed by atoms with Gasteiger partial charge < -0.3 is 15.0 Å². The Balaban J connectivity index is 2.43. The summed E-state index contributed by atoms with van der Waals surface area (Å²) in [6.07, 6.45) is 9.55. The van der Waals surface area contributed by atoms with E-state index in [-0.39, 0.29) is 5.60 Å². The first-order valence-corrected chi connectivity index (χ1v) is 7.38. The third-order valence-corrected chi connectivity index (χ3v) is 3.78. The molecule has 1 aliphatic heterocycles. The number of unbranched alkanes of at least 4 members (excludes halogenated alkanes) is 4. The van der Waals surface area contributed by atoms with E-state index in [4.69, 9.17) is 4.74 Å². The zero-order chi connectivity index (χ0) is 12.6. The van der Waals surface area contributed by atoms with Gasteiger partial charge in [0, 0.05) is 0 Å². The van der Waals surface area contributed by atoms with Crippen LogP contribution in [0.2, 0.25) is 0 Å². The lowest BCUT2D eigenvalue weighted by molar-refractivity contribution is -0.867. The van der Waals surface area contributed by atoms with Crippen molar-refractivity contribution in [1.82, 2.24) is 0 Å². The lowest BCUT2D eigenvalue weighted by Crippen LogP contribution is -3.11. The molecule has 0 aromatic heterocycles. The van der Waals surface area contributed by atoms with Crippen LogP contribution in [-0.4, -0.2) is 25.3 Å². The Morgan fingerprint density at radius 3 is 2.12 bits per heavy atom. The molecular weight excluding hydrogens is 214 g/mol. The Kier molecular flexibility index (Phi) is 7.09. The Hall–Kier alpha value is -0.120. The Labute approximate surface area is 106 Å². The van der Waals surface area contributed by atoms with Gasteiger partial charge in [0.1, 0.15) is 18.7 Å². The van der Waals surface area contributed by atoms with Crippen molar-refractivity contribution in [2.75, 3.05) is 19.7 Å². The summed E-state index contributed by atoms with van der Waals surface area (Å²) >= 11 is 0. The van der Waals surface area contributed by atoms with Crippen LogP contribution in [0.15, 0.2) is 0 Å². The van der Waals surface area contributed by atoms with E-state index in [1.54, 1.807) is 0 Å². The molecule has 0 aromatic rings. The van der Waals surface area contributed by atoms with Crippen LogP contribution in [0.25, 0.3) is 0 Å². The van der Waals surface area contributed by atoms with Crippen molar-refractivity contribution in [2.24, 2.45) is 0 Å². The SMILES string of the molecule is CCCCCC1(CCCCC)C[NH+]([O-])CCO1. The molecule has 3 nitrogen and oxygen atoms in total. The van der Waals surface area contributed by atoms with Crippen LogP contribution in [0.5, 0.6) is 0 Å². The molecule has 0 bridgehead atoms. The fourth-order valence-corrected chi connectivity index (χ4v) is 2.72. The van der Waals surface area contributed by atoms with E-state index in [1.165, 1.54) is 38.5 Å². The highest BCUT2D eigenvalue weighted by Crippen LogP contribution is 2.26. The van der Waals surface area contributed by atoms with E-state index in [2.05, 4.69) is 13.8 Å². The highest BCUT2D eigenvalue weighted by molar-refractivity contribution is 4.82. The topological polar surface area (TPSA) is 36.7 Å². The number of rotatable bonds is 8. The summed E-state index contributed by atoms with van der Waals surface area (Å²) < 4.78 is 6.01. The summed E-state index contributed by atoms with van der Waals surface area (Å²) in [7, 11) is 0. The van der Waals surface area contributed by atoms with Gasteiger partial charge in [-0.2, -0.15) is 0 Å². The first kappa shape index (κ1) is 14.9. The third kappa shape index (κ3) is 5.36. The molecule has 1 rings (SSSR count). The molecule has 1 fully saturated rings. The van der Waals surface area contributed by atoms with Crippen LogP contribution >= 0.6 is 0 Å². The average molecular weight is 243 g/mol. The van der Waals surface area contributed by atoms with Gasteiger partial charge >= 0.3 is 0 Å². The molecule has 0 spiro atoms. The predicted octanol–water partition coefficient (Wildman–Crippen LogP) is 2.30. The first-order valence-electron chi connectivity index (χ1n) is 7.38. The molecule has 1 saturated heterocycles. The molecular formula is C14H29NO2. The standard InChI is InChI=1S/C14H29NO2/c1-3-5-7-9-14(10-8-6-4-2)13-15(16)11-12-17-14/h15H,3-13H2,1-2H3. The summed E-state index contributed by atoms with van der Waals surface area (Å²) in [5.41, 5.74) is -0.0975. The summed E-state index contributed by atoms with van der Waals surface area (Å²) in [4.78, 5) is 0. The fourth-order valence-electron chi connectivity index (χ4n) is 2.72. The van der Waals surface area contributed by atoms with Crippen molar-refractivity contribution in [3.8, 4) is 0 Å². The molecule has 1 heterocycles. The van der Waals surface area contributed by atoms with Crippen LogP contribution in [-0.2, 0) is 4.74 Å². The molecule has 0 saturated carbocycles. The Bertz CT molecular complexity index is 187. The normalized spacial score (nSPS) is 23.8. The molecule has 1 unspecified atom stereocenters. The number of nitrogens with one attached hydrogen (secondary N) is 1. The first-order chi connectivity index (χ1) is 8.22. The molecule has 0 aromatic carbocycles. The van der Waals surface area contributed by atoms with Gasteiger partial charge in [-0.25, -0.2) is 0 Å². The van der Waals surface area contributed by atoms with Gasteiger partial charge in [-0.05, 0) is 12.8 Å². The minimum absolute atomic E-state index is 0.0975. The second-order valence-electron chi connectivity index (χ2n) is 5.41. The third-order valence-electron chi connectivity index (χ3n) is 3.78. The molecule has 1 N–H and O–H groups in total. The average Bonchev–Trinajstić information content (AvgIpc) is 2.30. The number of quaternary nitrogens is 1. The predicted molar refractivity (Wildman–Crippen MR) is 71.0 cm³/mol. The van der Waals surface area contributed by atoms with Crippen LogP contribution in [0.4, 0.5) is 0 Å². The quantitative estimate of drug-likeness (QED) is 0.524. The van der Waals surface area contributed by atoms with Crippen LogP contribution < -0.4 is 5.06 Å². The van der Waals surface area contributed by atoms with Gasteiger partial charge in [-0.15, -0.1) is 0 Å². The summed E-state index contributed by atoms with van der Waals surface area (Å²) in [6.45, 7) is 6.38.